The van der Waals surface area contributed by atoms with Gasteiger partial charge in [0.2, 0.25) is 10.0 Å². The maximum atomic E-state index is 11.8. The van der Waals surface area contributed by atoms with Gasteiger partial charge in [0.1, 0.15) is 0 Å². The molecule has 1 heterocycles. The second-order valence-corrected chi connectivity index (χ2v) is 9.47. The van der Waals surface area contributed by atoms with Crippen LogP contribution in [0, 0.1) is 5.92 Å². The molecule has 1 aromatic carbocycles. The Bertz CT molecular complexity index is 691. The van der Waals surface area contributed by atoms with Gasteiger partial charge in [-0.05, 0) is 44.6 Å². The first kappa shape index (κ1) is 21.7. The molecule has 0 bridgehead atoms. The molecule has 0 radical (unpaired) electrons. The van der Waals surface area contributed by atoms with Gasteiger partial charge in [-0.3, -0.25) is 4.99 Å². The fraction of sp³-hybridized carbons (Fsp3) is 0.650. The number of hydrogen-bond acceptors (Lipinski definition) is 3. The summed E-state index contributed by atoms with van der Waals surface area (Å²) in [6.45, 7) is 7.77. The minimum atomic E-state index is -3.10. The molecular weight excluding hydrogens is 360 g/mol. The summed E-state index contributed by atoms with van der Waals surface area (Å²) in [5, 5.41) is 3.38. The number of likely N-dealkylation sites (tertiary alicyclic amines) is 1. The van der Waals surface area contributed by atoms with Crippen LogP contribution in [-0.2, 0) is 16.4 Å². The number of nitrogens with one attached hydrogen (secondary N) is 1. The molecule has 27 heavy (non-hydrogen) atoms. The predicted octanol–water partition coefficient (Wildman–Crippen LogP) is 2.19. The van der Waals surface area contributed by atoms with Crippen molar-refractivity contribution in [1.82, 2.24) is 14.5 Å². The van der Waals surface area contributed by atoms with Crippen molar-refractivity contribution in [2.75, 3.05) is 45.5 Å². The van der Waals surface area contributed by atoms with Gasteiger partial charge in [0, 0.05) is 39.8 Å². The van der Waals surface area contributed by atoms with Gasteiger partial charge in [-0.1, -0.05) is 30.3 Å². The monoisotopic (exact) mass is 394 g/mol. The molecular formula is C20H34N4O2S. The maximum absolute atomic E-state index is 11.8. The topological polar surface area (TPSA) is 65.0 Å². The van der Waals surface area contributed by atoms with E-state index in [0.29, 0.717) is 19.0 Å². The van der Waals surface area contributed by atoms with Crippen LogP contribution in [-0.4, -0.2) is 69.1 Å². The minimum absolute atomic E-state index is 0.145. The summed E-state index contributed by atoms with van der Waals surface area (Å²) in [5.41, 5.74) is 1.39. The van der Waals surface area contributed by atoms with E-state index in [1.807, 2.05) is 0 Å². The Balaban J connectivity index is 1.84. The largest absolute Gasteiger partial charge is 0.357 e. The molecule has 1 N–H and O–H groups in total. The van der Waals surface area contributed by atoms with Crippen LogP contribution in [0.3, 0.4) is 0 Å². The molecule has 1 unspecified atom stereocenters. The molecule has 7 heteroatoms. The summed E-state index contributed by atoms with van der Waals surface area (Å²) in [6.07, 6.45) is 3.01. The Kier molecular flexibility index (Phi) is 8.57. The molecule has 1 aliphatic rings. The van der Waals surface area contributed by atoms with Gasteiger partial charge >= 0.3 is 0 Å². The molecule has 1 saturated heterocycles. The highest BCUT2D eigenvalue weighted by molar-refractivity contribution is 7.89. The summed E-state index contributed by atoms with van der Waals surface area (Å²) in [5.74, 6) is 1.75. The summed E-state index contributed by atoms with van der Waals surface area (Å²) in [4.78, 5) is 7.06. The van der Waals surface area contributed by atoms with Crippen molar-refractivity contribution in [3.63, 3.8) is 0 Å². The molecule has 6 nitrogen and oxygen atoms in total. The second kappa shape index (κ2) is 10.7. The molecule has 1 fully saturated rings. The van der Waals surface area contributed by atoms with Crippen molar-refractivity contribution in [3.8, 4) is 0 Å². The standard InChI is InChI=1S/C20H34N4O2S/c1-4-21-20(22-13-9-14-23(3)27(25,26)5-2)24-15-12-19(17-24)16-18-10-7-6-8-11-18/h6-8,10-11,19H,4-5,9,12-17H2,1-3H3,(H,21,22). The molecule has 0 saturated carbocycles. The van der Waals surface area contributed by atoms with Crippen molar-refractivity contribution < 1.29 is 8.42 Å². The highest BCUT2D eigenvalue weighted by atomic mass is 32.2. The van der Waals surface area contributed by atoms with Gasteiger partial charge in [-0.2, -0.15) is 0 Å². The third kappa shape index (κ3) is 6.81. The van der Waals surface area contributed by atoms with Crippen LogP contribution in [0.5, 0.6) is 0 Å². The molecule has 1 aliphatic heterocycles. The third-order valence-corrected chi connectivity index (χ3v) is 6.88. The number of nitrogens with zero attached hydrogens (tertiary/aromatic N) is 3. The van der Waals surface area contributed by atoms with Crippen molar-refractivity contribution in [2.45, 2.75) is 33.1 Å². The average Bonchev–Trinajstić information content (AvgIpc) is 3.13. The zero-order valence-electron chi connectivity index (χ0n) is 16.9. The minimum Gasteiger partial charge on any atom is -0.357 e. The van der Waals surface area contributed by atoms with Gasteiger partial charge < -0.3 is 10.2 Å². The fourth-order valence-corrected chi connectivity index (χ4v) is 4.25. The number of sulfonamides is 1. The van der Waals surface area contributed by atoms with Crippen molar-refractivity contribution in [3.05, 3.63) is 35.9 Å². The van der Waals surface area contributed by atoms with Crippen LogP contribution in [0.4, 0.5) is 0 Å². The van der Waals surface area contributed by atoms with E-state index in [-0.39, 0.29) is 5.75 Å². The average molecular weight is 395 g/mol. The van der Waals surface area contributed by atoms with E-state index >= 15 is 0 Å². The summed E-state index contributed by atoms with van der Waals surface area (Å²) in [6, 6.07) is 10.7. The summed E-state index contributed by atoms with van der Waals surface area (Å²) < 4.78 is 25.0. The molecule has 0 aromatic heterocycles. The molecule has 0 aliphatic carbocycles. The van der Waals surface area contributed by atoms with E-state index in [2.05, 4.69) is 47.5 Å². The normalized spacial score (nSPS) is 18.3. The van der Waals surface area contributed by atoms with Crippen LogP contribution in [0.1, 0.15) is 32.3 Å². The van der Waals surface area contributed by atoms with Gasteiger partial charge in [0.05, 0.1) is 5.75 Å². The smallest absolute Gasteiger partial charge is 0.213 e. The van der Waals surface area contributed by atoms with E-state index in [0.717, 1.165) is 38.4 Å². The molecule has 1 aromatic rings. The number of rotatable bonds is 9. The lowest BCUT2D eigenvalue weighted by Gasteiger charge is -2.22. The zero-order valence-corrected chi connectivity index (χ0v) is 17.7. The number of aliphatic imine (C=N–C) groups is 1. The van der Waals surface area contributed by atoms with E-state index in [1.54, 1.807) is 14.0 Å². The number of benzene rings is 1. The number of hydrogen-bond donors (Lipinski definition) is 1. The van der Waals surface area contributed by atoms with Gasteiger partial charge in [0.25, 0.3) is 0 Å². The Hall–Kier alpha value is -1.60. The Labute approximate surface area is 164 Å². The van der Waals surface area contributed by atoms with Crippen LogP contribution in [0.25, 0.3) is 0 Å². The molecule has 1 atom stereocenters. The second-order valence-electron chi connectivity index (χ2n) is 7.10. The molecule has 2 rings (SSSR count). The lowest BCUT2D eigenvalue weighted by molar-refractivity contribution is 0.452. The SMILES string of the molecule is CCNC(=NCCCN(C)S(=O)(=O)CC)N1CCC(Cc2ccccc2)C1. The van der Waals surface area contributed by atoms with Crippen LogP contribution in [0.2, 0.25) is 0 Å². The van der Waals surface area contributed by atoms with Crippen LogP contribution in [0.15, 0.2) is 35.3 Å². The Morgan fingerprint density at radius 1 is 1.30 bits per heavy atom. The Morgan fingerprint density at radius 2 is 2.04 bits per heavy atom. The van der Waals surface area contributed by atoms with Gasteiger partial charge in [0.15, 0.2) is 5.96 Å². The van der Waals surface area contributed by atoms with Gasteiger partial charge in [-0.15, -0.1) is 0 Å². The first-order valence-corrected chi connectivity index (χ1v) is 11.6. The highest BCUT2D eigenvalue weighted by Crippen LogP contribution is 2.20. The Morgan fingerprint density at radius 3 is 2.70 bits per heavy atom. The van der Waals surface area contributed by atoms with E-state index < -0.39 is 10.0 Å². The fourth-order valence-electron chi connectivity index (χ4n) is 3.40. The summed E-state index contributed by atoms with van der Waals surface area (Å²) >= 11 is 0. The number of guanidine groups is 1. The van der Waals surface area contributed by atoms with E-state index in [1.165, 1.54) is 16.3 Å². The highest BCUT2D eigenvalue weighted by Gasteiger charge is 2.25. The van der Waals surface area contributed by atoms with E-state index in [4.69, 9.17) is 4.99 Å². The molecule has 0 spiro atoms. The van der Waals surface area contributed by atoms with Crippen molar-refractivity contribution in [2.24, 2.45) is 10.9 Å². The van der Waals surface area contributed by atoms with Crippen molar-refractivity contribution in [1.29, 1.82) is 0 Å². The molecule has 0 amide bonds. The molecule has 152 valence electrons. The predicted molar refractivity (Wildman–Crippen MR) is 113 cm³/mol. The lowest BCUT2D eigenvalue weighted by atomic mass is 9.99. The maximum Gasteiger partial charge on any atom is 0.213 e. The van der Waals surface area contributed by atoms with E-state index in [9.17, 15) is 8.42 Å². The van der Waals surface area contributed by atoms with Crippen LogP contribution >= 0.6 is 0 Å². The summed E-state index contributed by atoms with van der Waals surface area (Å²) in [7, 11) is -1.46. The van der Waals surface area contributed by atoms with Crippen molar-refractivity contribution >= 4 is 16.0 Å². The first-order chi connectivity index (χ1) is 13.0. The third-order valence-electron chi connectivity index (χ3n) is 5.02. The zero-order chi connectivity index (χ0) is 19.7. The lowest BCUT2D eigenvalue weighted by Crippen LogP contribution is -2.40. The first-order valence-electron chi connectivity index (χ1n) is 9.97. The van der Waals surface area contributed by atoms with Crippen LogP contribution < -0.4 is 5.32 Å². The van der Waals surface area contributed by atoms with Gasteiger partial charge in [-0.25, -0.2) is 12.7 Å². The quantitative estimate of drug-likeness (QED) is 0.396.